The third kappa shape index (κ3) is 6.07. The fourth-order valence-corrected chi connectivity index (χ4v) is 1.01. The molecule has 0 aliphatic carbocycles. The first-order valence-corrected chi connectivity index (χ1v) is 4.18. The van der Waals surface area contributed by atoms with Gasteiger partial charge in [-0.3, -0.25) is 0 Å². The number of rotatable bonds is 7. The lowest BCUT2D eigenvalue weighted by Gasteiger charge is -2.13. The van der Waals surface area contributed by atoms with Crippen LogP contribution in [0, 0.1) is 0 Å². The highest BCUT2D eigenvalue weighted by molar-refractivity contribution is 4.73. The summed E-state index contributed by atoms with van der Waals surface area (Å²) in [4.78, 5) is 0. The number of hydrogen-bond acceptors (Lipinski definition) is 2. The van der Waals surface area contributed by atoms with Crippen molar-refractivity contribution in [2.45, 2.75) is 32.3 Å². The van der Waals surface area contributed by atoms with E-state index in [9.17, 15) is 0 Å². The molecular formula is C9H18O2. The summed E-state index contributed by atoms with van der Waals surface area (Å²) < 4.78 is 5.40. The van der Waals surface area contributed by atoms with Gasteiger partial charge in [0.05, 0.1) is 6.10 Å². The van der Waals surface area contributed by atoms with Crippen LogP contribution >= 0.6 is 0 Å². The van der Waals surface area contributed by atoms with Crippen molar-refractivity contribution in [1.29, 1.82) is 0 Å². The summed E-state index contributed by atoms with van der Waals surface area (Å²) in [5, 5.41) is 8.57. The normalized spacial score (nSPS) is 12.9. The Morgan fingerprint density at radius 1 is 1.64 bits per heavy atom. The van der Waals surface area contributed by atoms with Crippen LogP contribution in [0.15, 0.2) is 12.7 Å². The number of hydrogen-bond donors (Lipinski definition) is 1. The van der Waals surface area contributed by atoms with E-state index in [1.165, 1.54) is 0 Å². The molecule has 0 aliphatic heterocycles. The molecule has 0 radical (unpaired) electrons. The molecule has 0 aromatic carbocycles. The smallest absolute Gasteiger partial charge is 0.0610 e. The lowest BCUT2D eigenvalue weighted by atomic mass is 10.1. The van der Waals surface area contributed by atoms with Gasteiger partial charge in [0.2, 0.25) is 0 Å². The maximum atomic E-state index is 8.57. The van der Waals surface area contributed by atoms with E-state index in [1.54, 1.807) is 0 Å². The van der Waals surface area contributed by atoms with Crippen LogP contribution < -0.4 is 0 Å². The van der Waals surface area contributed by atoms with Gasteiger partial charge in [-0.2, -0.15) is 0 Å². The Morgan fingerprint density at radius 2 is 2.36 bits per heavy atom. The molecule has 0 aromatic heterocycles. The van der Waals surface area contributed by atoms with E-state index in [-0.39, 0.29) is 12.7 Å². The second-order valence-corrected chi connectivity index (χ2v) is 2.47. The summed E-state index contributed by atoms with van der Waals surface area (Å²) in [6.07, 6.45) is 4.74. The zero-order valence-corrected chi connectivity index (χ0v) is 7.25. The highest BCUT2D eigenvalue weighted by atomic mass is 16.5. The first-order chi connectivity index (χ1) is 5.35. The first-order valence-electron chi connectivity index (χ1n) is 4.18. The van der Waals surface area contributed by atoms with Crippen molar-refractivity contribution in [3.8, 4) is 0 Å². The number of ether oxygens (including phenoxy) is 1. The van der Waals surface area contributed by atoms with E-state index in [0.717, 1.165) is 25.9 Å². The fraction of sp³-hybridized carbons (Fsp3) is 0.778. The Balaban J connectivity index is 3.41. The number of aliphatic hydroxyl groups is 1. The largest absolute Gasteiger partial charge is 0.396 e. The molecule has 66 valence electrons. The Morgan fingerprint density at radius 3 is 2.82 bits per heavy atom. The minimum Gasteiger partial charge on any atom is -0.396 e. The lowest BCUT2D eigenvalue weighted by molar-refractivity contribution is 0.0539. The lowest BCUT2D eigenvalue weighted by Crippen LogP contribution is -2.12. The van der Waals surface area contributed by atoms with Crippen LogP contribution in [0.3, 0.4) is 0 Å². The van der Waals surface area contributed by atoms with E-state index in [1.807, 2.05) is 13.0 Å². The van der Waals surface area contributed by atoms with Crippen LogP contribution in [-0.2, 0) is 4.74 Å². The van der Waals surface area contributed by atoms with Gasteiger partial charge in [0, 0.05) is 13.2 Å². The second kappa shape index (κ2) is 7.76. The zero-order chi connectivity index (χ0) is 8.53. The van der Waals surface area contributed by atoms with E-state index in [2.05, 4.69) is 6.58 Å². The van der Waals surface area contributed by atoms with Crippen LogP contribution in [0.5, 0.6) is 0 Å². The fourth-order valence-electron chi connectivity index (χ4n) is 1.01. The highest BCUT2D eigenvalue weighted by Crippen LogP contribution is 2.06. The first kappa shape index (κ1) is 10.7. The Hall–Kier alpha value is -0.340. The monoisotopic (exact) mass is 158 g/mol. The van der Waals surface area contributed by atoms with Gasteiger partial charge in [-0.1, -0.05) is 6.08 Å². The maximum Gasteiger partial charge on any atom is 0.0610 e. The predicted molar refractivity (Wildman–Crippen MR) is 46.5 cm³/mol. The van der Waals surface area contributed by atoms with Crippen LogP contribution in [0.4, 0.5) is 0 Å². The van der Waals surface area contributed by atoms with E-state index < -0.39 is 0 Å². The van der Waals surface area contributed by atoms with Crippen molar-refractivity contribution in [3.63, 3.8) is 0 Å². The third-order valence-corrected chi connectivity index (χ3v) is 1.52. The highest BCUT2D eigenvalue weighted by Gasteiger charge is 2.04. The van der Waals surface area contributed by atoms with Gasteiger partial charge in [-0.05, 0) is 26.2 Å². The standard InChI is InChI=1S/C9H18O2/c1-3-6-9(11-4-2)7-5-8-10/h3,9-10H,1,4-8H2,2H3. The van der Waals surface area contributed by atoms with Gasteiger partial charge < -0.3 is 9.84 Å². The minimum absolute atomic E-state index is 0.251. The summed E-state index contributed by atoms with van der Waals surface area (Å²) in [5.41, 5.74) is 0. The quantitative estimate of drug-likeness (QED) is 0.572. The third-order valence-electron chi connectivity index (χ3n) is 1.52. The van der Waals surface area contributed by atoms with Gasteiger partial charge in [0.1, 0.15) is 0 Å². The van der Waals surface area contributed by atoms with Gasteiger partial charge >= 0.3 is 0 Å². The number of aliphatic hydroxyl groups excluding tert-OH is 1. The topological polar surface area (TPSA) is 29.5 Å². The van der Waals surface area contributed by atoms with Crippen LogP contribution in [0.1, 0.15) is 26.2 Å². The summed E-state index contributed by atoms with van der Waals surface area (Å²) in [6, 6.07) is 0. The molecule has 0 heterocycles. The van der Waals surface area contributed by atoms with Crippen LogP contribution in [0.2, 0.25) is 0 Å². The molecule has 0 amide bonds. The molecule has 0 fully saturated rings. The van der Waals surface area contributed by atoms with Gasteiger partial charge in [0.15, 0.2) is 0 Å². The van der Waals surface area contributed by atoms with Crippen LogP contribution in [0.25, 0.3) is 0 Å². The summed E-state index contributed by atoms with van der Waals surface area (Å²) in [5.74, 6) is 0. The summed E-state index contributed by atoms with van der Waals surface area (Å²) in [6.45, 7) is 6.62. The molecule has 0 saturated carbocycles. The van der Waals surface area contributed by atoms with Gasteiger partial charge in [-0.25, -0.2) is 0 Å². The Labute approximate surface area is 68.9 Å². The van der Waals surface area contributed by atoms with Crippen molar-refractivity contribution >= 4 is 0 Å². The van der Waals surface area contributed by atoms with Crippen molar-refractivity contribution < 1.29 is 9.84 Å². The molecule has 0 saturated heterocycles. The molecule has 2 heteroatoms. The molecule has 0 rings (SSSR count). The summed E-state index contributed by atoms with van der Waals surface area (Å²) in [7, 11) is 0. The molecule has 1 unspecified atom stereocenters. The molecule has 1 N–H and O–H groups in total. The molecule has 0 spiro atoms. The van der Waals surface area contributed by atoms with Crippen molar-refractivity contribution in [3.05, 3.63) is 12.7 Å². The van der Waals surface area contributed by atoms with Gasteiger partial charge in [-0.15, -0.1) is 6.58 Å². The molecule has 0 bridgehead atoms. The molecule has 0 aromatic rings. The van der Waals surface area contributed by atoms with Crippen LogP contribution in [-0.4, -0.2) is 24.4 Å². The van der Waals surface area contributed by atoms with Crippen molar-refractivity contribution in [2.24, 2.45) is 0 Å². The molecule has 11 heavy (non-hydrogen) atoms. The van der Waals surface area contributed by atoms with E-state index >= 15 is 0 Å². The van der Waals surface area contributed by atoms with Gasteiger partial charge in [0.25, 0.3) is 0 Å². The average molecular weight is 158 g/mol. The van der Waals surface area contributed by atoms with E-state index in [4.69, 9.17) is 9.84 Å². The second-order valence-electron chi connectivity index (χ2n) is 2.47. The van der Waals surface area contributed by atoms with E-state index in [0.29, 0.717) is 0 Å². The van der Waals surface area contributed by atoms with Crippen molar-refractivity contribution in [2.75, 3.05) is 13.2 Å². The SMILES string of the molecule is C=CCC(CCCO)OCC. The minimum atomic E-state index is 0.251. The maximum absolute atomic E-state index is 8.57. The Bertz CT molecular complexity index is 91.6. The van der Waals surface area contributed by atoms with Crippen molar-refractivity contribution in [1.82, 2.24) is 0 Å². The summed E-state index contributed by atoms with van der Waals surface area (Å²) >= 11 is 0. The molecule has 0 aliphatic rings. The molecular weight excluding hydrogens is 140 g/mol. The Kier molecular flexibility index (Phi) is 7.52. The average Bonchev–Trinajstić information content (AvgIpc) is 2.01. The molecule has 1 atom stereocenters. The zero-order valence-electron chi connectivity index (χ0n) is 7.25. The predicted octanol–water partition coefficient (Wildman–Crippen LogP) is 1.74. The molecule has 2 nitrogen and oxygen atoms in total.